The Morgan fingerprint density at radius 1 is 1.19 bits per heavy atom. The molecule has 2 aromatic heterocycles. The molecule has 2 amide bonds. The summed E-state index contributed by atoms with van der Waals surface area (Å²) in [5.41, 5.74) is 1.56. The predicted molar refractivity (Wildman–Crippen MR) is 119 cm³/mol. The lowest BCUT2D eigenvalue weighted by Gasteiger charge is -2.10. The van der Waals surface area contributed by atoms with Crippen LogP contribution in [-0.2, 0) is 4.79 Å². The van der Waals surface area contributed by atoms with E-state index in [-0.39, 0.29) is 5.75 Å². The molecule has 0 unspecified atom stereocenters. The topological polar surface area (TPSA) is 106 Å². The lowest BCUT2D eigenvalue weighted by molar-refractivity contribution is -0.114. The van der Waals surface area contributed by atoms with Gasteiger partial charge in [-0.25, -0.2) is 4.79 Å². The number of hydrogen-bond acceptors (Lipinski definition) is 6. The van der Waals surface area contributed by atoms with Crippen LogP contribution in [0.2, 0.25) is 5.02 Å². The number of ether oxygens (including phenoxy) is 1. The fraction of sp³-hybridized carbons (Fsp3) is 0.200. The van der Waals surface area contributed by atoms with Crippen LogP contribution in [0.1, 0.15) is 13.3 Å². The number of amides is 2. The number of carbonyl (C=O) groups excluding carboxylic acids is 2. The average molecular weight is 484 g/mol. The number of hydrogen-bond donors (Lipinski definition) is 2. The van der Waals surface area contributed by atoms with Crippen LogP contribution in [0, 0.1) is 0 Å². The molecule has 162 valence electrons. The van der Waals surface area contributed by atoms with E-state index in [9.17, 15) is 9.59 Å². The summed E-state index contributed by atoms with van der Waals surface area (Å²) in [4.78, 5) is 26.7. The van der Waals surface area contributed by atoms with Gasteiger partial charge in [-0.1, -0.05) is 52.9 Å². The average Bonchev–Trinajstić information content (AvgIpc) is 3.22. The van der Waals surface area contributed by atoms with Gasteiger partial charge in [-0.15, -0.1) is 0 Å². The number of carbonyl (C=O) groups is 2. The Kier molecular flexibility index (Phi) is 7.73. The van der Waals surface area contributed by atoms with E-state index in [1.165, 1.54) is 6.20 Å². The molecule has 3 aromatic rings. The van der Waals surface area contributed by atoms with E-state index < -0.39 is 16.8 Å². The maximum absolute atomic E-state index is 12.0. The normalized spacial score (nSPS) is 10.7. The number of pyridine rings is 1. The SMILES string of the molecule is CCCNC(=O)Oc1cccc(Cl)c1-c1cc(-c2cc(NC(=O)C(Cl)Cl)ccn2)on1. The molecule has 0 atom stereocenters. The first-order valence-electron chi connectivity index (χ1n) is 9.15. The molecule has 31 heavy (non-hydrogen) atoms. The van der Waals surface area contributed by atoms with Gasteiger partial charge in [0.25, 0.3) is 5.91 Å². The number of rotatable bonds is 7. The summed E-state index contributed by atoms with van der Waals surface area (Å²) in [7, 11) is 0. The third-order valence-corrected chi connectivity index (χ3v) is 4.65. The third kappa shape index (κ3) is 5.88. The van der Waals surface area contributed by atoms with Crippen molar-refractivity contribution in [1.82, 2.24) is 15.5 Å². The Labute approximate surface area is 192 Å². The summed E-state index contributed by atoms with van der Waals surface area (Å²) in [5, 5.41) is 9.54. The molecule has 1 aromatic carbocycles. The van der Waals surface area contributed by atoms with E-state index in [1.807, 2.05) is 6.92 Å². The molecule has 11 heteroatoms. The van der Waals surface area contributed by atoms with Gasteiger partial charge >= 0.3 is 6.09 Å². The summed E-state index contributed by atoms with van der Waals surface area (Å²) in [6.07, 6.45) is 1.65. The first-order valence-corrected chi connectivity index (χ1v) is 10.4. The lowest BCUT2D eigenvalue weighted by atomic mass is 10.1. The van der Waals surface area contributed by atoms with Gasteiger partial charge in [0, 0.05) is 24.5 Å². The molecule has 2 heterocycles. The number of aromatic nitrogens is 2. The van der Waals surface area contributed by atoms with E-state index >= 15 is 0 Å². The summed E-state index contributed by atoms with van der Waals surface area (Å²) in [6.45, 7) is 2.41. The molecule has 0 bridgehead atoms. The zero-order chi connectivity index (χ0) is 22.4. The number of anilines is 1. The molecule has 0 saturated heterocycles. The maximum atomic E-state index is 12.0. The molecule has 3 rings (SSSR count). The van der Waals surface area contributed by atoms with Crippen molar-refractivity contribution >= 4 is 52.5 Å². The molecule has 8 nitrogen and oxygen atoms in total. The number of nitrogens with zero attached hydrogens (tertiary/aromatic N) is 2. The van der Waals surface area contributed by atoms with Crippen LogP contribution in [0.15, 0.2) is 47.1 Å². The van der Waals surface area contributed by atoms with Gasteiger partial charge in [0.15, 0.2) is 10.6 Å². The summed E-state index contributed by atoms with van der Waals surface area (Å²) in [5.74, 6) is -0.0381. The second-order valence-electron chi connectivity index (χ2n) is 6.23. The van der Waals surface area contributed by atoms with Gasteiger partial charge in [-0.05, 0) is 30.7 Å². The van der Waals surface area contributed by atoms with E-state index in [4.69, 9.17) is 44.1 Å². The van der Waals surface area contributed by atoms with Gasteiger partial charge in [-0.2, -0.15) is 0 Å². The number of benzene rings is 1. The highest BCUT2D eigenvalue weighted by molar-refractivity contribution is 6.54. The van der Waals surface area contributed by atoms with Crippen LogP contribution in [0.4, 0.5) is 10.5 Å². The van der Waals surface area contributed by atoms with Crippen LogP contribution in [-0.4, -0.2) is 33.5 Å². The first-order chi connectivity index (χ1) is 14.9. The largest absolute Gasteiger partial charge is 0.412 e. The highest BCUT2D eigenvalue weighted by Crippen LogP contribution is 2.37. The Balaban J connectivity index is 1.88. The van der Waals surface area contributed by atoms with E-state index in [0.717, 1.165) is 6.42 Å². The van der Waals surface area contributed by atoms with E-state index in [2.05, 4.69) is 20.8 Å². The van der Waals surface area contributed by atoms with Crippen LogP contribution in [0.5, 0.6) is 5.75 Å². The Bertz CT molecular complexity index is 1090. The van der Waals surface area contributed by atoms with Gasteiger partial charge in [0.1, 0.15) is 17.1 Å². The number of alkyl halides is 2. The van der Waals surface area contributed by atoms with Crippen molar-refractivity contribution < 1.29 is 18.8 Å². The Hall–Kier alpha value is -2.81. The highest BCUT2D eigenvalue weighted by Gasteiger charge is 2.19. The Morgan fingerprint density at radius 2 is 2.00 bits per heavy atom. The van der Waals surface area contributed by atoms with Crippen molar-refractivity contribution in [2.24, 2.45) is 0 Å². The molecule has 0 aliphatic heterocycles. The minimum absolute atomic E-state index is 0.227. The third-order valence-electron chi connectivity index (χ3n) is 3.94. The lowest BCUT2D eigenvalue weighted by Crippen LogP contribution is -2.27. The predicted octanol–water partition coefficient (Wildman–Crippen LogP) is 5.30. The standard InChI is InChI=1S/C20H17Cl3N4O4/c1-2-7-25-20(29)30-15-5-3-4-12(21)17(15)14-10-16(31-27-14)13-9-11(6-8-24-13)26-19(28)18(22)23/h3-6,8-10,18H,2,7H2,1H3,(H,25,29)(H,24,26,28). The van der Waals surface area contributed by atoms with Crippen molar-refractivity contribution in [3.05, 3.63) is 47.6 Å². The summed E-state index contributed by atoms with van der Waals surface area (Å²) in [6, 6.07) is 9.64. The first kappa shape index (κ1) is 22.9. The van der Waals surface area contributed by atoms with Crippen molar-refractivity contribution in [2.45, 2.75) is 18.2 Å². The monoisotopic (exact) mass is 482 g/mol. The van der Waals surface area contributed by atoms with Gasteiger partial charge in [0.2, 0.25) is 0 Å². The fourth-order valence-corrected chi connectivity index (χ4v) is 2.93. The van der Waals surface area contributed by atoms with Gasteiger partial charge in [0.05, 0.1) is 10.6 Å². The van der Waals surface area contributed by atoms with Crippen LogP contribution in [0.3, 0.4) is 0 Å². The molecule has 2 N–H and O–H groups in total. The van der Waals surface area contributed by atoms with Gasteiger partial charge in [-0.3, -0.25) is 9.78 Å². The fourth-order valence-electron chi connectivity index (χ4n) is 2.55. The minimum atomic E-state index is -1.21. The smallest absolute Gasteiger partial charge is 0.410 e. The van der Waals surface area contributed by atoms with E-state index in [1.54, 1.807) is 36.4 Å². The quantitative estimate of drug-likeness (QED) is 0.442. The summed E-state index contributed by atoms with van der Waals surface area (Å²) >= 11 is 17.4. The summed E-state index contributed by atoms with van der Waals surface area (Å²) < 4.78 is 10.8. The highest BCUT2D eigenvalue weighted by atomic mass is 35.5. The zero-order valence-electron chi connectivity index (χ0n) is 16.2. The Morgan fingerprint density at radius 3 is 2.74 bits per heavy atom. The van der Waals surface area contributed by atoms with Crippen molar-refractivity contribution in [1.29, 1.82) is 0 Å². The molecule has 0 spiro atoms. The number of nitrogens with one attached hydrogen (secondary N) is 2. The van der Waals surface area contributed by atoms with Gasteiger partial charge < -0.3 is 19.9 Å². The molecule has 0 saturated carbocycles. The maximum Gasteiger partial charge on any atom is 0.412 e. The van der Waals surface area contributed by atoms with E-state index in [0.29, 0.717) is 40.0 Å². The molecule has 0 aliphatic carbocycles. The minimum Gasteiger partial charge on any atom is -0.410 e. The number of halogens is 3. The van der Waals surface area contributed by atoms with Crippen molar-refractivity contribution in [3.8, 4) is 28.5 Å². The second kappa shape index (κ2) is 10.5. The van der Waals surface area contributed by atoms with Crippen LogP contribution < -0.4 is 15.4 Å². The second-order valence-corrected chi connectivity index (χ2v) is 7.73. The molecular weight excluding hydrogens is 467 g/mol. The van der Waals surface area contributed by atoms with Crippen LogP contribution >= 0.6 is 34.8 Å². The van der Waals surface area contributed by atoms with Crippen LogP contribution in [0.25, 0.3) is 22.7 Å². The molecular formula is C20H17Cl3N4O4. The zero-order valence-corrected chi connectivity index (χ0v) is 18.5. The molecule has 0 fully saturated rings. The van der Waals surface area contributed by atoms with Crippen molar-refractivity contribution in [2.75, 3.05) is 11.9 Å². The molecule has 0 aliphatic rings. The molecule has 0 radical (unpaired) electrons. The van der Waals surface area contributed by atoms with Crippen molar-refractivity contribution in [3.63, 3.8) is 0 Å².